The Morgan fingerprint density at radius 3 is 1.00 bits per heavy atom. The highest BCUT2D eigenvalue weighted by Gasteiger charge is 2.19. The first-order chi connectivity index (χ1) is 32.5. The molecule has 6 nitrogen and oxygen atoms in total. The zero-order chi connectivity index (χ0) is 47.9. The normalized spacial score (nSPS) is 12.6. The monoisotopic (exact) mass is 921 g/mol. The van der Waals surface area contributed by atoms with Crippen molar-refractivity contribution in [3.05, 3.63) is 72.9 Å². The number of esters is 3. The average molecular weight is 921 g/mol. The number of ether oxygens (including phenoxy) is 3. The third kappa shape index (κ3) is 51.8. The van der Waals surface area contributed by atoms with Crippen molar-refractivity contribution in [1.29, 1.82) is 0 Å². The van der Waals surface area contributed by atoms with Crippen molar-refractivity contribution in [1.82, 2.24) is 0 Å². The molecule has 66 heavy (non-hydrogen) atoms. The van der Waals surface area contributed by atoms with Crippen LogP contribution in [0.1, 0.15) is 271 Å². The van der Waals surface area contributed by atoms with Gasteiger partial charge in [-0.3, -0.25) is 14.4 Å². The lowest BCUT2D eigenvalue weighted by Gasteiger charge is -2.18. The van der Waals surface area contributed by atoms with E-state index in [1.54, 1.807) is 0 Å². The minimum absolute atomic E-state index is 0.104. The van der Waals surface area contributed by atoms with Crippen molar-refractivity contribution in [3.8, 4) is 0 Å². The number of carbonyl (C=O) groups is 3. The fourth-order valence-corrected chi connectivity index (χ4v) is 7.78. The molecule has 0 saturated heterocycles. The van der Waals surface area contributed by atoms with Crippen LogP contribution in [0.5, 0.6) is 0 Å². The van der Waals surface area contributed by atoms with Gasteiger partial charge in [0.1, 0.15) is 13.2 Å². The van der Waals surface area contributed by atoms with E-state index in [2.05, 4.69) is 87.6 Å². The quantitative estimate of drug-likeness (QED) is 0.0262. The van der Waals surface area contributed by atoms with Crippen molar-refractivity contribution < 1.29 is 28.6 Å². The molecule has 1 unspecified atom stereocenters. The Balaban J connectivity index is 4.46. The van der Waals surface area contributed by atoms with Crippen molar-refractivity contribution in [2.24, 2.45) is 0 Å². The first-order valence-electron chi connectivity index (χ1n) is 27.9. The van der Waals surface area contributed by atoms with Crippen LogP contribution < -0.4 is 0 Å². The van der Waals surface area contributed by atoms with Gasteiger partial charge in [-0.15, -0.1) is 0 Å². The van der Waals surface area contributed by atoms with Crippen molar-refractivity contribution in [3.63, 3.8) is 0 Å². The number of allylic oxidation sites excluding steroid dienone is 12. The van der Waals surface area contributed by atoms with Gasteiger partial charge in [0.2, 0.25) is 0 Å². The van der Waals surface area contributed by atoms with Crippen LogP contribution in [0.25, 0.3) is 0 Å². The first-order valence-corrected chi connectivity index (χ1v) is 27.9. The molecule has 1 atom stereocenters. The standard InChI is InChI=1S/C60H104O6/c1-4-7-10-13-16-19-22-25-28-30-33-35-38-41-44-47-50-53-59(62)65-56-57(55-64-58(61)52-49-46-43-40-37-34-31-27-24-21-18-15-12-9-6-3)66-60(63)54-51-48-45-42-39-36-32-29-26-23-20-17-14-11-8-5-2/h8,11,17,20-21,24,26,29,36,39,45,48,57H,4-7,9-10,12-16,18-19,22-23,25,27-28,30-35,37-38,40-44,46-47,49-56H2,1-3H3/b11-8-,20-17-,24-21-,29-26-,39-36-,48-45-. The Morgan fingerprint density at radius 1 is 0.318 bits per heavy atom. The topological polar surface area (TPSA) is 78.9 Å². The summed E-state index contributed by atoms with van der Waals surface area (Å²) in [6, 6.07) is 0. The fourth-order valence-electron chi connectivity index (χ4n) is 7.78. The zero-order valence-corrected chi connectivity index (χ0v) is 43.4. The zero-order valence-electron chi connectivity index (χ0n) is 43.4. The molecule has 0 fully saturated rings. The highest BCUT2D eigenvalue weighted by molar-refractivity contribution is 5.71. The van der Waals surface area contributed by atoms with Crippen molar-refractivity contribution >= 4 is 17.9 Å². The van der Waals surface area contributed by atoms with Crippen LogP contribution in [0.4, 0.5) is 0 Å². The van der Waals surface area contributed by atoms with E-state index in [-0.39, 0.29) is 37.5 Å². The smallest absolute Gasteiger partial charge is 0.306 e. The van der Waals surface area contributed by atoms with Gasteiger partial charge in [-0.1, -0.05) is 248 Å². The fraction of sp³-hybridized carbons (Fsp3) is 0.750. The van der Waals surface area contributed by atoms with Crippen molar-refractivity contribution in [2.45, 2.75) is 277 Å². The Kier molecular flexibility index (Phi) is 51.9. The summed E-state index contributed by atoms with van der Waals surface area (Å²) in [4.78, 5) is 38.1. The van der Waals surface area contributed by atoms with Crippen LogP contribution in [0.15, 0.2) is 72.9 Å². The van der Waals surface area contributed by atoms with Crippen molar-refractivity contribution in [2.75, 3.05) is 13.2 Å². The molecule has 6 heteroatoms. The van der Waals surface area contributed by atoms with Gasteiger partial charge in [0.25, 0.3) is 0 Å². The molecule has 0 spiro atoms. The summed E-state index contributed by atoms with van der Waals surface area (Å²) >= 11 is 0. The van der Waals surface area contributed by atoms with E-state index in [0.717, 1.165) is 70.6 Å². The molecule has 0 heterocycles. The molecule has 0 aliphatic rings. The van der Waals surface area contributed by atoms with Crippen LogP contribution in [-0.2, 0) is 28.6 Å². The molecule has 0 aromatic rings. The number of hydrogen-bond acceptors (Lipinski definition) is 6. The predicted molar refractivity (Wildman–Crippen MR) is 284 cm³/mol. The molecule has 0 amide bonds. The van der Waals surface area contributed by atoms with Gasteiger partial charge in [-0.2, -0.15) is 0 Å². The summed E-state index contributed by atoms with van der Waals surface area (Å²) in [5.74, 6) is -0.984. The molecule has 0 aliphatic carbocycles. The molecule has 380 valence electrons. The maximum atomic E-state index is 12.8. The molecule has 0 aromatic heterocycles. The number of unbranched alkanes of at least 4 members (excludes halogenated alkanes) is 27. The third-order valence-corrected chi connectivity index (χ3v) is 12.0. The van der Waals surface area contributed by atoms with Crippen LogP contribution >= 0.6 is 0 Å². The van der Waals surface area contributed by atoms with Crippen LogP contribution in [-0.4, -0.2) is 37.2 Å². The van der Waals surface area contributed by atoms with E-state index in [1.165, 1.54) is 154 Å². The number of carbonyl (C=O) groups excluding carboxylic acids is 3. The van der Waals surface area contributed by atoms with E-state index < -0.39 is 6.10 Å². The Hall–Kier alpha value is -3.15. The molecule has 0 aromatic carbocycles. The van der Waals surface area contributed by atoms with E-state index in [1.807, 2.05) is 6.08 Å². The summed E-state index contributed by atoms with van der Waals surface area (Å²) in [5.41, 5.74) is 0. The van der Waals surface area contributed by atoms with Gasteiger partial charge < -0.3 is 14.2 Å². The molecular formula is C60H104O6. The summed E-state index contributed by atoms with van der Waals surface area (Å²) in [6.07, 6.45) is 69.0. The molecule has 0 aliphatic heterocycles. The summed E-state index contributed by atoms with van der Waals surface area (Å²) in [6.45, 7) is 6.47. The molecule has 0 radical (unpaired) electrons. The van der Waals surface area contributed by atoms with Crippen LogP contribution in [0.3, 0.4) is 0 Å². The Labute approximate surface area is 408 Å². The van der Waals surface area contributed by atoms with Gasteiger partial charge in [-0.05, 0) is 77.0 Å². The minimum Gasteiger partial charge on any atom is -0.462 e. The highest BCUT2D eigenvalue weighted by Crippen LogP contribution is 2.16. The third-order valence-electron chi connectivity index (χ3n) is 12.0. The SMILES string of the molecule is CC/C=C\C/C=C\C/C=C\C/C=C\C/C=C\CCC(=O)OC(COC(=O)CCCCCCCCC/C=C\CCCCCC)COC(=O)CCCCCCCCCCCCCCCCCCC. The number of hydrogen-bond donors (Lipinski definition) is 0. The second kappa shape index (κ2) is 54.5. The minimum atomic E-state index is -0.815. The largest absolute Gasteiger partial charge is 0.462 e. The molecule has 0 bridgehead atoms. The van der Waals surface area contributed by atoms with E-state index in [4.69, 9.17) is 14.2 Å². The first kappa shape index (κ1) is 62.8. The summed E-state index contributed by atoms with van der Waals surface area (Å²) in [5, 5.41) is 0. The summed E-state index contributed by atoms with van der Waals surface area (Å²) in [7, 11) is 0. The second-order valence-electron chi connectivity index (χ2n) is 18.5. The van der Waals surface area contributed by atoms with Crippen LogP contribution in [0.2, 0.25) is 0 Å². The summed E-state index contributed by atoms with van der Waals surface area (Å²) < 4.78 is 16.8. The highest BCUT2D eigenvalue weighted by atomic mass is 16.6. The van der Waals surface area contributed by atoms with Gasteiger partial charge in [-0.25, -0.2) is 0 Å². The Bertz CT molecular complexity index is 1240. The number of rotatable bonds is 50. The van der Waals surface area contributed by atoms with E-state index >= 15 is 0 Å². The Morgan fingerprint density at radius 2 is 0.621 bits per heavy atom. The maximum absolute atomic E-state index is 12.8. The average Bonchev–Trinajstić information content (AvgIpc) is 3.31. The van der Waals surface area contributed by atoms with Gasteiger partial charge in [0.05, 0.1) is 0 Å². The van der Waals surface area contributed by atoms with Gasteiger partial charge in [0, 0.05) is 19.3 Å². The molecule has 0 saturated carbocycles. The van der Waals surface area contributed by atoms with Gasteiger partial charge >= 0.3 is 17.9 Å². The predicted octanol–water partition coefficient (Wildman–Crippen LogP) is 18.6. The van der Waals surface area contributed by atoms with Crippen LogP contribution in [0, 0.1) is 0 Å². The van der Waals surface area contributed by atoms with E-state index in [0.29, 0.717) is 19.3 Å². The lowest BCUT2D eigenvalue weighted by atomic mass is 10.0. The molecular weight excluding hydrogens is 817 g/mol. The lowest BCUT2D eigenvalue weighted by Crippen LogP contribution is -2.30. The van der Waals surface area contributed by atoms with E-state index in [9.17, 15) is 14.4 Å². The van der Waals surface area contributed by atoms with Gasteiger partial charge in [0.15, 0.2) is 6.10 Å². The molecule has 0 rings (SSSR count). The maximum Gasteiger partial charge on any atom is 0.306 e. The second-order valence-corrected chi connectivity index (χ2v) is 18.5. The molecule has 0 N–H and O–H groups in total. The lowest BCUT2D eigenvalue weighted by molar-refractivity contribution is -0.166.